The van der Waals surface area contributed by atoms with Crippen molar-refractivity contribution >= 4 is 22.9 Å². The Bertz CT molecular complexity index is 503. The largest absolute Gasteiger partial charge is 0.310 e. The first-order valence-electron chi connectivity index (χ1n) is 5.88. The fourth-order valence-electron chi connectivity index (χ4n) is 1.92. The van der Waals surface area contributed by atoms with Crippen molar-refractivity contribution in [2.45, 2.75) is 25.4 Å². The van der Waals surface area contributed by atoms with Crippen LogP contribution in [0, 0.1) is 0 Å². The molecule has 3 rings (SSSR count). The molecule has 88 valence electrons. The van der Waals surface area contributed by atoms with Gasteiger partial charge in [0.2, 0.25) is 0 Å². The Hall–Kier alpha value is -0.830. The number of hydrogen-bond donors (Lipinski definition) is 1. The van der Waals surface area contributed by atoms with Crippen LogP contribution in [-0.4, -0.2) is 6.04 Å². The summed E-state index contributed by atoms with van der Waals surface area (Å²) in [5, 5.41) is 6.48. The molecule has 2 aromatic rings. The molecule has 0 amide bonds. The molecular formula is C14H14ClNS. The molecule has 0 saturated heterocycles. The number of halogens is 1. The number of thiophene rings is 1. The lowest BCUT2D eigenvalue weighted by Gasteiger charge is -2.09. The Balaban J connectivity index is 1.89. The van der Waals surface area contributed by atoms with E-state index in [9.17, 15) is 0 Å². The lowest BCUT2D eigenvalue weighted by Crippen LogP contribution is -2.15. The van der Waals surface area contributed by atoms with Gasteiger partial charge in [0.15, 0.2) is 0 Å². The van der Waals surface area contributed by atoms with E-state index in [1.807, 2.05) is 6.07 Å². The second-order valence-electron chi connectivity index (χ2n) is 4.43. The predicted octanol–water partition coefficient (Wildman–Crippen LogP) is 4.32. The summed E-state index contributed by atoms with van der Waals surface area (Å²) in [7, 11) is 0. The SMILES string of the molecule is Clc1ccc(-c2cccs2)c(CNC2CC2)c1. The minimum Gasteiger partial charge on any atom is -0.310 e. The third kappa shape index (κ3) is 2.71. The molecule has 1 heterocycles. The molecule has 0 spiro atoms. The summed E-state index contributed by atoms with van der Waals surface area (Å²) in [6, 6.07) is 11.1. The van der Waals surface area contributed by atoms with Crippen LogP contribution in [0.4, 0.5) is 0 Å². The van der Waals surface area contributed by atoms with Gasteiger partial charge in [-0.15, -0.1) is 11.3 Å². The molecule has 1 fully saturated rings. The maximum atomic E-state index is 6.08. The Labute approximate surface area is 110 Å². The molecule has 1 aromatic heterocycles. The average molecular weight is 264 g/mol. The number of rotatable bonds is 4. The van der Waals surface area contributed by atoms with Gasteiger partial charge in [-0.05, 0) is 47.5 Å². The van der Waals surface area contributed by atoms with Crippen molar-refractivity contribution in [3.8, 4) is 10.4 Å². The Morgan fingerprint density at radius 2 is 2.18 bits per heavy atom. The van der Waals surface area contributed by atoms with E-state index in [0.717, 1.165) is 17.6 Å². The van der Waals surface area contributed by atoms with Crippen molar-refractivity contribution in [1.82, 2.24) is 5.32 Å². The summed E-state index contributed by atoms with van der Waals surface area (Å²) in [5.74, 6) is 0. The number of benzene rings is 1. The lowest BCUT2D eigenvalue weighted by atomic mass is 10.1. The van der Waals surface area contributed by atoms with Crippen LogP contribution in [0.25, 0.3) is 10.4 Å². The predicted molar refractivity (Wildman–Crippen MR) is 74.6 cm³/mol. The molecule has 1 aromatic carbocycles. The highest BCUT2D eigenvalue weighted by molar-refractivity contribution is 7.13. The summed E-state index contributed by atoms with van der Waals surface area (Å²) in [6.07, 6.45) is 2.63. The topological polar surface area (TPSA) is 12.0 Å². The van der Waals surface area contributed by atoms with Gasteiger partial charge in [-0.25, -0.2) is 0 Å². The van der Waals surface area contributed by atoms with E-state index in [4.69, 9.17) is 11.6 Å². The molecule has 0 aliphatic heterocycles. The van der Waals surface area contributed by atoms with Gasteiger partial charge in [0.05, 0.1) is 0 Å². The van der Waals surface area contributed by atoms with E-state index in [2.05, 4.69) is 35.0 Å². The van der Waals surface area contributed by atoms with Gasteiger partial charge in [0.1, 0.15) is 0 Å². The molecular weight excluding hydrogens is 250 g/mol. The van der Waals surface area contributed by atoms with E-state index in [-0.39, 0.29) is 0 Å². The summed E-state index contributed by atoms with van der Waals surface area (Å²) in [4.78, 5) is 1.31. The fourth-order valence-corrected chi connectivity index (χ4v) is 2.90. The molecule has 0 atom stereocenters. The van der Waals surface area contributed by atoms with Crippen LogP contribution in [0.2, 0.25) is 5.02 Å². The molecule has 17 heavy (non-hydrogen) atoms. The summed E-state index contributed by atoms with van der Waals surface area (Å²) >= 11 is 7.86. The van der Waals surface area contributed by atoms with Crippen LogP contribution in [0.5, 0.6) is 0 Å². The lowest BCUT2D eigenvalue weighted by molar-refractivity contribution is 0.689. The minimum atomic E-state index is 0.727. The monoisotopic (exact) mass is 263 g/mol. The zero-order valence-corrected chi connectivity index (χ0v) is 11.0. The third-order valence-corrected chi connectivity index (χ3v) is 4.15. The zero-order valence-electron chi connectivity index (χ0n) is 9.45. The van der Waals surface area contributed by atoms with Crippen LogP contribution in [-0.2, 0) is 6.54 Å². The molecule has 1 nitrogen and oxygen atoms in total. The molecule has 3 heteroatoms. The van der Waals surface area contributed by atoms with Crippen molar-refractivity contribution in [2.24, 2.45) is 0 Å². The van der Waals surface area contributed by atoms with Crippen molar-refractivity contribution in [3.05, 3.63) is 46.3 Å². The maximum Gasteiger partial charge on any atom is 0.0409 e. The molecule has 0 unspecified atom stereocenters. The first kappa shape index (κ1) is 11.3. The Kier molecular flexibility index (Phi) is 3.19. The molecule has 1 aliphatic rings. The van der Waals surface area contributed by atoms with Crippen LogP contribution in [0.3, 0.4) is 0 Å². The van der Waals surface area contributed by atoms with E-state index < -0.39 is 0 Å². The maximum absolute atomic E-state index is 6.08. The van der Waals surface area contributed by atoms with E-state index >= 15 is 0 Å². The summed E-state index contributed by atoms with van der Waals surface area (Å²) in [5.41, 5.74) is 2.60. The van der Waals surface area contributed by atoms with Crippen LogP contribution in [0.1, 0.15) is 18.4 Å². The van der Waals surface area contributed by atoms with Gasteiger partial charge in [0.25, 0.3) is 0 Å². The molecule has 0 bridgehead atoms. The molecule has 1 aliphatic carbocycles. The smallest absolute Gasteiger partial charge is 0.0409 e. The highest BCUT2D eigenvalue weighted by atomic mass is 35.5. The van der Waals surface area contributed by atoms with Crippen LogP contribution in [0.15, 0.2) is 35.7 Å². The van der Waals surface area contributed by atoms with Gasteiger partial charge in [0, 0.05) is 22.5 Å². The van der Waals surface area contributed by atoms with E-state index in [0.29, 0.717) is 0 Å². The van der Waals surface area contributed by atoms with Crippen molar-refractivity contribution < 1.29 is 0 Å². The van der Waals surface area contributed by atoms with Crippen LogP contribution < -0.4 is 5.32 Å². The Morgan fingerprint density at radius 3 is 2.88 bits per heavy atom. The summed E-state index contributed by atoms with van der Waals surface area (Å²) < 4.78 is 0. The van der Waals surface area contributed by atoms with Gasteiger partial charge >= 0.3 is 0 Å². The van der Waals surface area contributed by atoms with E-state index in [1.165, 1.54) is 28.8 Å². The normalized spacial score (nSPS) is 15.1. The highest BCUT2D eigenvalue weighted by Crippen LogP contribution is 2.30. The Morgan fingerprint density at radius 1 is 1.29 bits per heavy atom. The molecule has 1 N–H and O–H groups in total. The highest BCUT2D eigenvalue weighted by Gasteiger charge is 2.20. The van der Waals surface area contributed by atoms with Crippen LogP contribution >= 0.6 is 22.9 Å². The number of nitrogens with one attached hydrogen (secondary N) is 1. The van der Waals surface area contributed by atoms with Gasteiger partial charge < -0.3 is 5.32 Å². The number of hydrogen-bond acceptors (Lipinski definition) is 2. The minimum absolute atomic E-state index is 0.727. The second kappa shape index (κ2) is 4.81. The summed E-state index contributed by atoms with van der Waals surface area (Å²) in [6.45, 7) is 0.915. The van der Waals surface area contributed by atoms with Crippen molar-refractivity contribution in [1.29, 1.82) is 0 Å². The van der Waals surface area contributed by atoms with E-state index in [1.54, 1.807) is 11.3 Å². The average Bonchev–Trinajstić information content (AvgIpc) is 3.00. The zero-order chi connectivity index (χ0) is 11.7. The first-order chi connectivity index (χ1) is 8.33. The standard InChI is InChI=1S/C14H14ClNS/c15-11-3-6-13(14-2-1-7-17-14)10(8-11)9-16-12-4-5-12/h1-3,6-8,12,16H,4-5,9H2. The molecule has 0 radical (unpaired) electrons. The van der Waals surface area contributed by atoms with Gasteiger partial charge in [-0.1, -0.05) is 23.7 Å². The van der Waals surface area contributed by atoms with Gasteiger partial charge in [-0.3, -0.25) is 0 Å². The van der Waals surface area contributed by atoms with Gasteiger partial charge in [-0.2, -0.15) is 0 Å². The van der Waals surface area contributed by atoms with Crippen molar-refractivity contribution in [3.63, 3.8) is 0 Å². The second-order valence-corrected chi connectivity index (χ2v) is 5.82. The fraction of sp³-hybridized carbons (Fsp3) is 0.286. The first-order valence-corrected chi connectivity index (χ1v) is 7.14. The van der Waals surface area contributed by atoms with Crippen molar-refractivity contribution in [2.75, 3.05) is 0 Å². The third-order valence-electron chi connectivity index (χ3n) is 3.01. The molecule has 1 saturated carbocycles. The quantitative estimate of drug-likeness (QED) is 0.866.